The summed E-state index contributed by atoms with van der Waals surface area (Å²) in [6.07, 6.45) is 4.98. The second-order valence-electron chi connectivity index (χ2n) is 1.49. The molecule has 0 saturated carbocycles. The van der Waals surface area contributed by atoms with E-state index in [0.717, 1.165) is 0 Å². The minimum absolute atomic E-state index is 0.653. The number of rotatable bonds is 1. The van der Waals surface area contributed by atoms with Crippen LogP contribution in [0.2, 0.25) is 0 Å². The quantitative estimate of drug-likeness (QED) is 0.508. The van der Waals surface area contributed by atoms with Crippen molar-refractivity contribution in [2.45, 2.75) is 0 Å². The monoisotopic (exact) mass is 121 g/mol. The van der Waals surface area contributed by atoms with Gasteiger partial charge in [-0.2, -0.15) is 0 Å². The molecule has 0 aliphatic heterocycles. The lowest BCUT2D eigenvalue weighted by atomic mass is 10.6. The van der Waals surface area contributed by atoms with Crippen LogP contribution in [0.25, 0.3) is 0 Å². The maximum Gasteiger partial charge on any atom is 0.169 e. The predicted molar refractivity (Wildman–Crippen MR) is 35.6 cm³/mol. The normalized spacial score (nSPS) is 10.3. The van der Waals surface area contributed by atoms with Crippen molar-refractivity contribution in [2.24, 2.45) is 4.99 Å². The van der Waals surface area contributed by atoms with Gasteiger partial charge in [-0.3, -0.25) is 4.99 Å². The molecule has 46 valence electrons. The van der Waals surface area contributed by atoms with Crippen LogP contribution in [-0.2, 0) is 0 Å². The average Bonchev–Trinajstić information content (AvgIpc) is 1.91. The Balaban J connectivity index is 2.85. The Morgan fingerprint density at radius 2 is 2.11 bits per heavy atom. The number of aromatic nitrogens is 2. The molecule has 1 rings (SSSR count). The fourth-order valence-electron chi connectivity index (χ4n) is 0.493. The molecule has 0 saturated heterocycles. The molecule has 0 aromatic carbocycles. The van der Waals surface area contributed by atoms with E-state index in [1.165, 1.54) is 0 Å². The zero-order valence-electron chi connectivity index (χ0n) is 5.15. The van der Waals surface area contributed by atoms with Crippen LogP contribution < -0.4 is 0 Å². The molecule has 3 heteroatoms. The summed E-state index contributed by atoms with van der Waals surface area (Å²) < 4.78 is 0. The van der Waals surface area contributed by atoms with Gasteiger partial charge in [-0.25, -0.2) is 9.97 Å². The first kappa shape index (κ1) is 5.88. The molecule has 0 N–H and O–H groups in total. The minimum atomic E-state index is 0.653. The second-order valence-corrected chi connectivity index (χ2v) is 1.49. The molecule has 9 heavy (non-hydrogen) atoms. The molecule has 0 aliphatic carbocycles. The molecule has 0 aliphatic rings. The smallest absolute Gasteiger partial charge is 0.169 e. The van der Waals surface area contributed by atoms with E-state index in [4.69, 9.17) is 0 Å². The van der Waals surface area contributed by atoms with Gasteiger partial charge in [-0.1, -0.05) is 0 Å². The maximum absolute atomic E-state index is 3.91. The first-order valence-electron chi connectivity index (χ1n) is 2.62. The highest BCUT2D eigenvalue weighted by molar-refractivity contribution is 5.73. The highest BCUT2D eigenvalue weighted by atomic mass is 14.9. The van der Waals surface area contributed by atoms with Gasteiger partial charge in [0, 0.05) is 19.4 Å². The van der Waals surface area contributed by atoms with E-state index in [1.807, 2.05) is 0 Å². The molecule has 0 unspecified atom stereocenters. The lowest BCUT2D eigenvalue weighted by Gasteiger charge is -1.84. The minimum Gasteiger partial charge on any atom is -0.293 e. The van der Waals surface area contributed by atoms with Gasteiger partial charge < -0.3 is 0 Å². The molecule has 0 amide bonds. The highest BCUT2D eigenvalue weighted by Crippen LogP contribution is 1.79. The Hall–Kier alpha value is -1.25. The fraction of sp³-hybridized carbons (Fsp3) is 0.167. The molecule has 3 nitrogen and oxygen atoms in total. The first-order valence-corrected chi connectivity index (χ1v) is 2.62. The summed E-state index contributed by atoms with van der Waals surface area (Å²) in [5.41, 5.74) is 0. The van der Waals surface area contributed by atoms with Gasteiger partial charge in [-0.15, -0.1) is 0 Å². The summed E-state index contributed by atoms with van der Waals surface area (Å²) in [5.74, 6) is 0.653. The van der Waals surface area contributed by atoms with E-state index < -0.39 is 0 Å². The van der Waals surface area contributed by atoms with Crippen LogP contribution in [0.1, 0.15) is 5.82 Å². The molecule has 0 atom stereocenters. The molecule has 0 radical (unpaired) electrons. The summed E-state index contributed by atoms with van der Waals surface area (Å²) in [6, 6.07) is 1.77. The van der Waals surface area contributed by atoms with Crippen LogP contribution in [-0.4, -0.2) is 23.2 Å². The Bertz CT molecular complexity index is 193. The molecular weight excluding hydrogens is 114 g/mol. The first-order chi connectivity index (χ1) is 4.43. The summed E-state index contributed by atoms with van der Waals surface area (Å²) in [4.78, 5) is 11.6. The van der Waals surface area contributed by atoms with Crippen molar-refractivity contribution in [3.8, 4) is 0 Å². The van der Waals surface area contributed by atoms with Gasteiger partial charge in [0.15, 0.2) is 5.82 Å². The van der Waals surface area contributed by atoms with Crippen molar-refractivity contribution in [1.82, 2.24) is 9.97 Å². The molecule has 1 aromatic rings. The molecule has 1 aromatic heterocycles. The van der Waals surface area contributed by atoms with Crippen molar-refractivity contribution in [2.75, 3.05) is 7.05 Å². The van der Waals surface area contributed by atoms with Crippen molar-refractivity contribution >= 4 is 6.21 Å². The third kappa shape index (κ3) is 1.60. The third-order valence-electron chi connectivity index (χ3n) is 0.830. The zero-order valence-corrected chi connectivity index (χ0v) is 5.15. The zero-order chi connectivity index (χ0) is 6.53. The van der Waals surface area contributed by atoms with Crippen LogP contribution in [0.5, 0.6) is 0 Å². The Kier molecular flexibility index (Phi) is 1.90. The van der Waals surface area contributed by atoms with Crippen LogP contribution in [0.15, 0.2) is 23.5 Å². The Morgan fingerprint density at radius 3 is 2.67 bits per heavy atom. The van der Waals surface area contributed by atoms with Crippen LogP contribution in [0.4, 0.5) is 0 Å². The molecule has 1 heterocycles. The fourth-order valence-corrected chi connectivity index (χ4v) is 0.493. The van der Waals surface area contributed by atoms with Crippen molar-refractivity contribution in [3.63, 3.8) is 0 Å². The lowest BCUT2D eigenvalue weighted by molar-refractivity contribution is 1.14. The second kappa shape index (κ2) is 2.91. The van der Waals surface area contributed by atoms with Gasteiger partial charge >= 0.3 is 0 Å². The van der Waals surface area contributed by atoms with Crippen LogP contribution in [0, 0.1) is 0 Å². The lowest BCUT2D eigenvalue weighted by Crippen LogP contribution is -1.88. The average molecular weight is 121 g/mol. The number of aliphatic imine (C=N–C) groups is 1. The van der Waals surface area contributed by atoms with Crippen molar-refractivity contribution < 1.29 is 0 Å². The van der Waals surface area contributed by atoms with Gasteiger partial charge in [0.2, 0.25) is 0 Å². The summed E-state index contributed by atoms with van der Waals surface area (Å²) in [5, 5.41) is 0. The molecule has 0 bridgehead atoms. The Morgan fingerprint density at radius 1 is 1.44 bits per heavy atom. The van der Waals surface area contributed by atoms with E-state index in [0.29, 0.717) is 5.82 Å². The van der Waals surface area contributed by atoms with Gasteiger partial charge in [0.1, 0.15) is 0 Å². The highest BCUT2D eigenvalue weighted by Gasteiger charge is 1.82. The third-order valence-corrected chi connectivity index (χ3v) is 0.830. The number of hydrogen-bond donors (Lipinski definition) is 0. The standard InChI is InChI=1S/C6H7N3/c1-7-5-6-8-3-2-4-9-6/h2-5H,1H3. The predicted octanol–water partition coefficient (Wildman–Crippen LogP) is 0.525. The molecule has 0 fully saturated rings. The van der Waals surface area contributed by atoms with Crippen LogP contribution >= 0.6 is 0 Å². The van der Waals surface area contributed by atoms with E-state index in [1.54, 1.807) is 31.7 Å². The van der Waals surface area contributed by atoms with Crippen molar-refractivity contribution in [1.29, 1.82) is 0 Å². The van der Waals surface area contributed by atoms with Crippen LogP contribution in [0.3, 0.4) is 0 Å². The van der Waals surface area contributed by atoms with Crippen molar-refractivity contribution in [3.05, 3.63) is 24.3 Å². The van der Waals surface area contributed by atoms with Gasteiger partial charge in [-0.05, 0) is 6.07 Å². The maximum atomic E-state index is 3.91. The summed E-state index contributed by atoms with van der Waals surface area (Å²) >= 11 is 0. The molecular formula is C6H7N3. The topological polar surface area (TPSA) is 38.1 Å². The largest absolute Gasteiger partial charge is 0.293 e. The molecule has 0 spiro atoms. The van der Waals surface area contributed by atoms with E-state index in [-0.39, 0.29) is 0 Å². The SMILES string of the molecule is CN=Cc1ncccn1. The number of hydrogen-bond acceptors (Lipinski definition) is 3. The van der Waals surface area contributed by atoms with Gasteiger partial charge in [0.25, 0.3) is 0 Å². The Labute approximate surface area is 53.5 Å². The summed E-state index contributed by atoms with van der Waals surface area (Å²) in [6.45, 7) is 0. The van der Waals surface area contributed by atoms with Gasteiger partial charge in [0.05, 0.1) is 6.21 Å². The van der Waals surface area contributed by atoms with E-state index >= 15 is 0 Å². The van der Waals surface area contributed by atoms with E-state index in [9.17, 15) is 0 Å². The summed E-state index contributed by atoms with van der Waals surface area (Å²) in [7, 11) is 1.69. The number of nitrogens with zero attached hydrogens (tertiary/aromatic N) is 3. The van der Waals surface area contributed by atoms with E-state index in [2.05, 4.69) is 15.0 Å².